The van der Waals surface area contributed by atoms with Crippen molar-refractivity contribution < 1.29 is 31.9 Å². The lowest BCUT2D eigenvalue weighted by Crippen LogP contribution is -2.26. The summed E-state index contributed by atoms with van der Waals surface area (Å²) < 4.78 is 59.1. The Morgan fingerprint density at radius 1 is 1.03 bits per heavy atom. The van der Waals surface area contributed by atoms with Crippen molar-refractivity contribution in [1.82, 2.24) is 0 Å². The molecule has 0 saturated heterocycles. The van der Waals surface area contributed by atoms with E-state index < -0.39 is 41.1 Å². The Bertz CT molecular complexity index is 1060. The average Bonchev–Trinajstić information content (AvgIpc) is 3.12. The first-order valence-electron chi connectivity index (χ1n) is 8.08. The molecule has 0 spiro atoms. The van der Waals surface area contributed by atoms with Gasteiger partial charge >= 0.3 is 5.97 Å². The first-order valence-corrected chi connectivity index (χ1v) is 8.96. The highest BCUT2D eigenvalue weighted by atomic mass is 32.1. The molecule has 29 heavy (non-hydrogen) atoms. The minimum Gasteiger partial charge on any atom is -0.423 e. The lowest BCUT2D eigenvalue weighted by Gasteiger charge is -2.19. The second kappa shape index (κ2) is 8.44. The SMILES string of the molecule is [CH2]C(=O)c1sccc1OC(=O)C(Nc1cc(F)c(F)c(F)c1)c1cccc(F)c1. The van der Waals surface area contributed by atoms with E-state index in [1.54, 1.807) is 0 Å². The van der Waals surface area contributed by atoms with Crippen LogP contribution in [0.1, 0.15) is 21.3 Å². The quantitative estimate of drug-likeness (QED) is 0.261. The number of hydrogen-bond acceptors (Lipinski definition) is 5. The van der Waals surface area contributed by atoms with Crippen LogP contribution in [0.2, 0.25) is 0 Å². The van der Waals surface area contributed by atoms with Gasteiger partial charge in [0.15, 0.2) is 35.0 Å². The summed E-state index contributed by atoms with van der Waals surface area (Å²) in [6.07, 6.45) is 0. The number of Topliss-reactive ketones (excluding diaryl/α,β-unsaturated/α-hetero) is 1. The smallest absolute Gasteiger partial charge is 0.338 e. The standard InChI is InChI=1S/C20H12F4NO3S/c1-10(26)19-16(5-6-29-19)28-20(27)18(11-3-2-4-12(21)7-11)25-13-8-14(22)17(24)15(23)9-13/h2-9,18,25H,1H2. The molecular weight excluding hydrogens is 410 g/mol. The van der Waals surface area contributed by atoms with Crippen LogP contribution < -0.4 is 10.1 Å². The summed E-state index contributed by atoms with van der Waals surface area (Å²) >= 11 is 1.01. The molecule has 1 heterocycles. The fourth-order valence-corrected chi connectivity index (χ4v) is 3.20. The Kier molecular flexibility index (Phi) is 5.97. The summed E-state index contributed by atoms with van der Waals surface area (Å²) in [4.78, 5) is 24.4. The van der Waals surface area contributed by atoms with Gasteiger partial charge in [-0.25, -0.2) is 22.4 Å². The fraction of sp³-hybridized carbons (Fsp3) is 0.0500. The molecule has 0 fully saturated rings. The summed E-state index contributed by atoms with van der Waals surface area (Å²) in [6, 6.07) is 6.13. The number of carbonyl (C=O) groups is 2. The Labute approximate surface area is 166 Å². The third-order valence-electron chi connectivity index (χ3n) is 3.81. The number of hydrogen-bond donors (Lipinski definition) is 1. The fourth-order valence-electron chi connectivity index (χ4n) is 2.52. The third kappa shape index (κ3) is 4.62. The number of ketones is 1. The van der Waals surface area contributed by atoms with Crippen LogP contribution in [0.5, 0.6) is 5.75 Å². The van der Waals surface area contributed by atoms with Crippen LogP contribution in [-0.4, -0.2) is 11.8 Å². The van der Waals surface area contributed by atoms with Gasteiger partial charge in [-0.3, -0.25) is 4.79 Å². The zero-order valence-corrected chi connectivity index (χ0v) is 15.4. The van der Waals surface area contributed by atoms with Crippen LogP contribution in [0, 0.1) is 30.2 Å². The van der Waals surface area contributed by atoms with Crippen LogP contribution in [0.4, 0.5) is 23.2 Å². The maximum atomic E-state index is 13.7. The number of rotatable bonds is 6. The molecule has 3 rings (SSSR count). The molecule has 1 N–H and O–H groups in total. The first kappa shape index (κ1) is 20.5. The molecule has 2 aromatic carbocycles. The first-order chi connectivity index (χ1) is 13.8. The molecule has 3 aromatic rings. The number of ether oxygens (including phenoxy) is 1. The molecule has 1 radical (unpaired) electrons. The third-order valence-corrected chi connectivity index (χ3v) is 4.74. The van der Waals surface area contributed by atoms with Crippen molar-refractivity contribution in [3.8, 4) is 5.75 Å². The molecule has 0 saturated carbocycles. The van der Waals surface area contributed by atoms with Gasteiger partial charge in [-0.2, -0.15) is 0 Å². The second-order valence-electron chi connectivity index (χ2n) is 5.84. The number of thiophene rings is 1. The zero-order valence-electron chi connectivity index (χ0n) is 14.5. The van der Waals surface area contributed by atoms with Gasteiger partial charge in [-0.05, 0) is 29.1 Å². The highest BCUT2D eigenvalue weighted by Gasteiger charge is 2.26. The van der Waals surface area contributed by atoms with E-state index in [4.69, 9.17) is 4.74 Å². The summed E-state index contributed by atoms with van der Waals surface area (Å²) in [5.74, 6) is -6.88. The molecular formula is C20H12F4NO3S. The van der Waals surface area contributed by atoms with Crippen molar-refractivity contribution in [2.24, 2.45) is 0 Å². The predicted molar refractivity (Wildman–Crippen MR) is 98.7 cm³/mol. The largest absolute Gasteiger partial charge is 0.423 e. The predicted octanol–water partition coefficient (Wildman–Crippen LogP) is 5.08. The van der Waals surface area contributed by atoms with Gasteiger partial charge in [-0.1, -0.05) is 12.1 Å². The van der Waals surface area contributed by atoms with E-state index in [0.717, 1.165) is 23.5 Å². The monoisotopic (exact) mass is 422 g/mol. The van der Waals surface area contributed by atoms with E-state index in [1.807, 2.05) is 0 Å². The van der Waals surface area contributed by atoms with E-state index in [-0.39, 0.29) is 21.9 Å². The lowest BCUT2D eigenvalue weighted by molar-refractivity contribution is -0.135. The molecule has 1 aromatic heterocycles. The van der Waals surface area contributed by atoms with Gasteiger partial charge in [0.05, 0.1) is 0 Å². The molecule has 0 aliphatic heterocycles. The number of anilines is 1. The van der Waals surface area contributed by atoms with Crippen molar-refractivity contribution in [3.63, 3.8) is 0 Å². The Morgan fingerprint density at radius 2 is 1.72 bits per heavy atom. The number of halogens is 4. The van der Waals surface area contributed by atoms with Gasteiger partial charge < -0.3 is 10.1 Å². The van der Waals surface area contributed by atoms with Gasteiger partial charge in [-0.15, -0.1) is 11.3 Å². The maximum absolute atomic E-state index is 13.7. The molecule has 149 valence electrons. The van der Waals surface area contributed by atoms with Crippen LogP contribution in [0.15, 0.2) is 47.8 Å². The van der Waals surface area contributed by atoms with E-state index in [1.165, 1.54) is 23.6 Å². The van der Waals surface area contributed by atoms with Crippen molar-refractivity contribution in [2.45, 2.75) is 6.04 Å². The topological polar surface area (TPSA) is 55.4 Å². The molecule has 1 atom stereocenters. The number of carbonyl (C=O) groups excluding carboxylic acids is 2. The maximum Gasteiger partial charge on any atom is 0.338 e. The molecule has 0 bridgehead atoms. The Morgan fingerprint density at radius 3 is 2.34 bits per heavy atom. The van der Waals surface area contributed by atoms with Crippen molar-refractivity contribution in [3.05, 3.63) is 88.5 Å². The van der Waals surface area contributed by atoms with E-state index in [2.05, 4.69) is 12.2 Å². The van der Waals surface area contributed by atoms with Crippen LogP contribution in [0.25, 0.3) is 0 Å². The molecule has 9 heteroatoms. The van der Waals surface area contributed by atoms with Gasteiger partial charge in [0.25, 0.3) is 0 Å². The Hall–Kier alpha value is -3.20. The van der Waals surface area contributed by atoms with Crippen molar-refractivity contribution in [2.75, 3.05) is 5.32 Å². The van der Waals surface area contributed by atoms with Crippen LogP contribution >= 0.6 is 11.3 Å². The molecule has 1 unspecified atom stereocenters. The van der Waals surface area contributed by atoms with Gasteiger partial charge in [0, 0.05) is 24.7 Å². The minimum absolute atomic E-state index is 0.0559. The summed E-state index contributed by atoms with van der Waals surface area (Å²) in [6.45, 7) is 3.26. The van der Waals surface area contributed by atoms with Crippen molar-refractivity contribution in [1.29, 1.82) is 0 Å². The lowest BCUT2D eigenvalue weighted by atomic mass is 10.1. The van der Waals surface area contributed by atoms with E-state index >= 15 is 0 Å². The molecule has 0 amide bonds. The second-order valence-corrected chi connectivity index (χ2v) is 6.76. The summed E-state index contributed by atoms with van der Waals surface area (Å²) in [5.41, 5.74) is -0.191. The minimum atomic E-state index is -1.67. The molecule has 0 aliphatic carbocycles. The number of benzene rings is 2. The average molecular weight is 422 g/mol. The molecule has 4 nitrogen and oxygen atoms in total. The zero-order chi connectivity index (χ0) is 21.1. The van der Waals surface area contributed by atoms with Gasteiger partial charge in [0.1, 0.15) is 10.7 Å². The van der Waals surface area contributed by atoms with Gasteiger partial charge in [0.2, 0.25) is 0 Å². The van der Waals surface area contributed by atoms with Crippen LogP contribution in [-0.2, 0) is 4.79 Å². The van der Waals surface area contributed by atoms with Crippen LogP contribution in [0.3, 0.4) is 0 Å². The number of esters is 1. The molecule has 0 aliphatic rings. The summed E-state index contributed by atoms with van der Waals surface area (Å²) in [5, 5.41) is 4.02. The summed E-state index contributed by atoms with van der Waals surface area (Å²) in [7, 11) is 0. The highest BCUT2D eigenvalue weighted by molar-refractivity contribution is 7.12. The van der Waals surface area contributed by atoms with E-state index in [9.17, 15) is 27.2 Å². The van der Waals surface area contributed by atoms with Crippen molar-refractivity contribution >= 4 is 28.8 Å². The number of nitrogens with one attached hydrogen (secondary N) is 1. The normalized spacial score (nSPS) is 11.8. The highest BCUT2D eigenvalue weighted by Crippen LogP contribution is 2.29. The Balaban J connectivity index is 1.96. The van der Waals surface area contributed by atoms with E-state index in [0.29, 0.717) is 12.1 Å².